The Morgan fingerprint density at radius 3 is 2.31 bits per heavy atom. The number of nitrogens with zero attached hydrogens (tertiary/aromatic N) is 3. The van der Waals surface area contributed by atoms with Crippen molar-refractivity contribution >= 4 is 10.4 Å². The van der Waals surface area contributed by atoms with Crippen LogP contribution in [-0.2, 0) is 25.3 Å². The highest BCUT2D eigenvalue weighted by molar-refractivity contribution is 7.81. The van der Waals surface area contributed by atoms with Crippen LogP contribution >= 0.6 is 0 Å². The molecule has 0 spiro atoms. The summed E-state index contributed by atoms with van der Waals surface area (Å²) in [6.45, 7) is 4.90. The van der Waals surface area contributed by atoms with Crippen molar-refractivity contribution in [2.24, 2.45) is 0 Å². The SMILES string of the molecule is Cc1c(Oc2ccc(C3COS(=O)(=O)OC3)cc2)ncnc1OC1CCN(Cc2ccccc2)CC1. The Balaban J connectivity index is 1.16. The van der Waals surface area contributed by atoms with E-state index in [1.54, 1.807) is 0 Å². The third-order valence-electron chi connectivity index (χ3n) is 6.45. The lowest BCUT2D eigenvalue weighted by atomic mass is 10.0. The summed E-state index contributed by atoms with van der Waals surface area (Å²) in [5.41, 5.74) is 2.97. The van der Waals surface area contributed by atoms with Crippen LogP contribution in [0.5, 0.6) is 17.5 Å². The average Bonchev–Trinajstić information content (AvgIpc) is 2.89. The summed E-state index contributed by atoms with van der Waals surface area (Å²) in [6.07, 6.45) is 3.42. The van der Waals surface area contributed by atoms with Crippen LogP contribution in [0.3, 0.4) is 0 Å². The molecule has 36 heavy (non-hydrogen) atoms. The van der Waals surface area contributed by atoms with E-state index in [1.807, 2.05) is 37.3 Å². The second-order valence-electron chi connectivity index (χ2n) is 9.03. The molecule has 0 amide bonds. The van der Waals surface area contributed by atoms with Gasteiger partial charge < -0.3 is 9.47 Å². The molecule has 3 aromatic rings. The first kappa shape index (κ1) is 24.6. The van der Waals surface area contributed by atoms with Crippen molar-refractivity contribution in [3.63, 3.8) is 0 Å². The molecule has 0 bridgehead atoms. The Labute approximate surface area is 211 Å². The molecule has 2 aromatic carbocycles. The van der Waals surface area contributed by atoms with E-state index in [2.05, 4.69) is 39.1 Å². The molecule has 0 radical (unpaired) electrons. The average molecular weight is 512 g/mol. The summed E-state index contributed by atoms with van der Waals surface area (Å²) < 4.78 is 44.3. The predicted octanol–water partition coefficient (Wildman–Crippen LogP) is 4.00. The van der Waals surface area contributed by atoms with Gasteiger partial charge in [-0.15, -0.1) is 0 Å². The van der Waals surface area contributed by atoms with E-state index in [-0.39, 0.29) is 25.2 Å². The van der Waals surface area contributed by atoms with E-state index in [0.717, 1.165) is 43.6 Å². The van der Waals surface area contributed by atoms with Crippen molar-refractivity contribution in [1.29, 1.82) is 0 Å². The van der Waals surface area contributed by atoms with Crippen LogP contribution in [0.15, 0.2) is 60.9 Å². The molecule has 10 heteroatoms. The molecule has 3 heterocycles. The maximum atomic E-state index is 11.3. The lowest BCUT2D eigenvalue weighted by Gasteiger charge is -2.32. The Morgan fingerprint density at radius 1 is 0.944 bits per heavy atom. The van der Waals surface area contributed by atoms with Crippen molar-refractivity contribution in [3.8, 4) is 17.5 Å². The minimum Gasteiger partial charge on any atom is -0.474 e. The zero-order valence-corrected chi connectivity index (χ0v) is 20.9. The van der Waals surface area contributed by atoms with Gasteiger partial charge in [-0.25, -0.2) is 18.3 Å². The number of rotatable bonds is 7. The summed E-state index contributed by atoms with van der Waals surface area (Å²) in [7, 11) is -3.86. The summed E-state index contributed by atoms with van der Waals surface area (Å²) in [5.74, 6) is 1.41. The fourth-order valence-electron chi connectivity index (χ4n) is 4.35. The standard InChI is InChI=1S/C26H29N3O6S/c1-19-25(34-23-9-7-21(8-10-23)22-16-32-36(30,31)33-17-22)27-18-28-26(19)35-24-11-13-29(14-12-24)15-20-5-3-2-4-6-20/h2-10,18,22,24H,11-17H2,1H3. The number of likely N-dealkylation sites (tertiary alicyclic amines) is 1. The van der Waals surface area contributed by atoms with Gasteiger partial charge in [0.1, 0.15) is 18.2 Å². The largest absolute Gasteiger partial charge is 0.474 e. The maximum absolute atomic E-state index is 11.3. The Bertz CT molecular complexity index is 1250. The molecule has 0 aliphatic carbocycles. The van der Waals surface area contributed by atoms with Gasteiger partial charge in [0, 0.05) is 25.6 Å². The number of benzene rings is 2. The Hall–Kier alpha value is -3.05. The highest BCUT2D eigenvalue weighted by Crippen LogP contribution is 2.31. The first-order valence-electron chi connectivity index (χ1n) is 12.0. The smallest absolute Gasteiger partial charge is 0.399 e. The number of piperidine rings is 1. The van der Waals surface area contributed by atoms with Crippen molar-refractivity contribution in [3.05, 3.63) is 77.6 Å². The molecule has 0 atom stereocenters. The van der Waals surface area contributed by atoms with Crippen LogP contribution in [0.2, 0.25) is 0 Å². The first-order chi connectivity index (χ1) is 17.4. The lowest BCUT2D eigenvalue weighted by molar-refractivity contribution is 0.0922. The summed E-state index contributed by atoms with van der Waals surface area (Å²) in [6, 6.07) is 17.9. The van der Waals surface area contributed by atoms with Gasteiger partial charge in [-0.2, -0.15) is 8.42 Å². The first-order valence-corrected chi connectivity index (χ1v) is 13.3. The molecule has 190 valence electrons. The fraction of sp³-hybridized carbons (Fsp3) is 0.385. The van der Waals surface area contributed by atoms with Gasteiger partial charge in [0.05, 0.1) is 18.8 Å². The molecular weight excluding hydrogens is 482 g/mol. The van der Waals surface area contributed by atoms with Crippen LogP contribution in [0.4, 0.5) is 0 Å². The van der Waals surface area contributed by atoms with Crippen LogP contribution in [0.25, 0.3) is 0 Å². The molecule has 2 aliphatic heterocycles. The molecule has 2 saturated heterocycles. The zero-order valence-electron chi connectivity index (χ0n) is 20.1. The van der Waals surface area contributed by atoms with E-state index in [4.69, 9.17) is 17.8 Å². The van der Waals surface area contributed by atoms with E-state index in [1.165, 1.54) is 11.9 Å². The Kier molecular flexibility index (Phi) is 7.47. The summed E-state index contributed by atoms with van der Waals surface area (Å²) in [4.78, 5) is 11.1. The highest BCUT2D eigenvalue weighted by atomic mass is 32.3. The molecule has 1 aromatic heterocycles. The van der Waals surface area contributed by atoms with Gasteiger partial charge in [-0.05, 0) is 43.0 Å². The normalized spacial score (nSPS) is 19.1. The van der Waals surface area contributed by atoms with E-state index < -0.39 is 10.4 Å². The van der Waals surface area contributed by atoms with Gasteiger partial charge in [0.15, 0.2) is 0 Å². The van der Waals surface area contributed by atoms with Gasteiger partial charge in [0.2, 0.25) is 11.8 Å². The zero-order chi connectivity index (χ0) is 25.0. The molecule has 0 saturated carbocycles. The summed E-state index contributed by atoms with van der Waals surface area (Å²) >= 11 is 0. The molecule has 2 fully saturated rings. The topological polar surface area (TPSA) is 100 Å². The van der Waals surface area contributed by atoms with Gasteiger partial charge in [-0.1, -0.05) is 42.5 Å². The van der Waals surface area contributed by atoms with Crippen molar-refractivity contribution in [1.82, 2.24) is 14.9 Å². The fourth-order valence-corrected chi connectivity index (χ4v) is 5.08. The number of ether oxygens (including phenoxy) is 2. The van der Waals surface area contributed by atoms with Crippen LogP contribution in [0, 0.1) is 6.92 Å². The predicted molar refractivity (Wildman–Crippen MR) is 132 cm³/mol. The molecular formula is C26H29N3O6S. The molecule has 9 nitrogen and oxygen atoms in total. The Morgan fingerprint density at radius 2 is 1.61 bits per heavy atom. The molecule has 5 rings (SSSR count). The quantitative estimate of drug-likeness (QED) is 0.466. The molecule has 2 aliphatic rings. The second kappa shape index (κ2) is 10.9. The maximum Gasteiger partial charge on any atom is 0.399 e. The van der Waals surface area contributed by atoms with E-state index in [0.29, 0.717) is 17.5 Å². The lowest BCUT2D eigenvalue weighted by Crippen LogP contribution is -2.38. The van der Waals surface area contributed by atoms with Crippen molar-refractivity contribution in [2.75, 3.05) is 26.3 Å². The van der Waals surface area contributed by atoms with Gasteiger partial charge >= 0.3 is 10.4 Å². The highest BCUT2D eigenvalue weighted by Gasteiger charge is 2.26. The van der Waals surface area contributed by atoms with Crippen LogP contribution < -0.4 is 9.47 Å². The third kappa shape index (κ3) is 6.19. The van der Waals surface area contributed by atoms with Crippen molar-refractivity contribution in [2.45, 2.75) is 38.3 Å². The van der Waals surface area contributed by atoms with E-state index >= 15 is 0 Å². The minimum atomic E-state index is -3.86. The minimum absolute atomic E-state index is 0.0550. The van der Waals surface area contributed by atoms with Crippen molar-refractivity contribution < 1.29 is 26.3 Å². The van der Waals surface area contributed by atoms with E-state index in [9.17, 15) is 8.42 Å². The number of hydrogen-bond acceptors (Lipinski definition) is 9. The van der Waals surface area contributed by atoms with Crippen LogP contribution in [0.1, 0.15) is 35.4 Å². The molecule has 0 N–H and O–H groups in total. The number of hydrogen-bond donors (Lipinski definition) is 0. The summed E-state index contributed by atoms with van der Waals surface area (Å²) in [5, 5.41) is 0. The monoisotopic (exact) mass is 511 g/mol. The molecule has 0 unspecified atom stereocenters. The number of aromatic nitrogens is 2. The third-order valence-corrected chi connectivity index (χ3v) is 7.30. The van der Waals surface area contributed by atoms with Crippen LogP contribution in [-0.4, -0.2) is 55.7 Å². The second-order valence-corrected chi connectivity index (χ2v) is 10.3. The van der Waals surface area contributed by atoms with Gasteiger partial charge in [0.25, 0.3) is 0 Å². The van der Waals surface area contributed by atoms with Gasteiger partial charge in [-0.3, -0.25) is 4.90 Å².